The zero-order chi connectivity index (χ0) is 16.2. The first-order valence-corrected chi connectivity index (χ1v) is 7.94. The number of aromatic nitrogens is 2. The van der Waals surface area contributed by atoms with Crippen molar-refractivity contribution >= 4 is 0 Å². The molecule has 1 aromatic heterocycles. The molecule has 24 heavy (non-hydrogen) atoms. The molecular weight excluding hydrogens is 292 g/mol. The maximum Gasteiger partial charge on any atom is 0.159 e. The molecule has 0 bridgehead atoms. The van der Waals surface area contributed by atoms with Crippen molar-refractivity contribution in [3.05, 3.63) is 97.2 Å². The molecule has 3 aromatic carbocycles. The third kappa shape index (κ3) is 2.95. The highest BCUT2D eigenvalue weighted by molar-refractivity contribution is 5.71. The van der Waals surface area contributed by atoms with Gasteiger partial charge in [-0.1, -0.05) is 78.9 Å². The van der Waals surface area contributed by atoms with E-state index < -0.39 is 0 Å². The van der Waals surface area contributed by atoms with Crippen molar-refractivity contribution in [1.82, 2.24) is 9.97 Å². The van der Waals surface area contributed by atoms with Crippen LogP contribution in [0.1, 0.15) is 0 Å². The van der Waals surface area contributed by atoms with Crippen molar-refractivity contribution in [1.29, 1.82) is 0 Å². The monoisotopic (exact) mass is 308 g/mol. The van der Waals surface area contributed by atoms with Gasteiger partial charge in [0.2, 0.25) is 0 Å². The SMILES string of the molecule is c1ccc(-c2cccc(-c3nccc(-c4ccccc4)n3)c2)cc1. The highest BCUT2D eigenvalue weighted by Crippen LogP contribution is 2.25. The van der Waals surface area contributed by atoms with Crippen LogP contribution in [0.25, 0.3) is 33.8 Å². The number of hydrogen-bond acceptors (Lipinski definition) is 2. The van der Waals surface area contributed by atoms with Crippen molar-refractivity contribution < 1.29 is 0 Å². The van der Waals surface area contributed by atoms with Crippen molar-refractivity contribution in [2.24, 2.45) is 0 Å². The first kappa shape index (κ1) is 14.3. The van der Waals surface area contributed by atoms with E-state index in [0.717, 1.165) is 22.6 Å². The van der Waals surface area contributed by atoms with E-state index in [0.29, 0.717) is 0 Å². The second-order valence-corrected chi connectivity index (χ2v) is 5.58. The summed E-state index contributed by atoms with van der Waals surface area (Å²) in [5, 5.41) is 0. The van der Waals surface area contributed by atoms with Crippen LogP contribution in [0, 0.1) is 0 Å². The van der Waals surface area contributed by atoms with Gasteiger partial charge in [-0.2, -0.15) is 0 Å². The van der Waals surface area contributed by atoms with E-state index in [1.807, 2.05) is 36.5 Å². The molecule has 0 aliphatic carbocycles. The predicted molar refractivity (Wildman–Crippen MR) is 98.3 cm³/mol. The largest absolute Gasteiger partial charge is 0.237 e. The fourth-order valence-electron chi connectivity index (χ4n) is 2.74. The Morgan fingerprint density at radius 2 is 1.12 bits per heavy atom. The highest BCUT2D eigenvalue weighted by atomic mass is 14.9. The van der Waals surface area contributed by atoms with Crippen LogP contribution in [0.5, 0.6) is 0 Å². The summed E-state index contributed by atoms with van der Waals surface area (Å²) >= 11 is 0. The smallest absolute Gasteiger partial charge is 0.159 e. The van der Waals surface area contributed by atoms with Gasteiger partial charge in [0.25, 0.3) is 0 Å². The van der Waals surface area contributed by atoms with Crippen molar-refractivity contribution in [2.45, 2.75) is 0 Å². The van der Waals surface area contributed by atoms with E-state index in [1.165, 1.54) is 11.1 Å². The quantitative estimate of drug-likeness (QED) is 0.501. The summed E-state index contributed by atoms with van der Waals surface area (Å²) in [6.45, 7) is 0. The second kappa shape index (κ2) is 6.47. The van der Waals surface area contributed by atoms with Crippen molar-refractivity contribution in [3.63, 3.8) is 0 Å². The van der Waals surface area contributed by atoms with Crippen LogP contribution >= 0.6 is 0 Å². The lowest BCUT2D eigenvalue weighted by atomic mass is 10.0. The molecule has 0 N–H and O–H groups in total. The van der Waals surface area contributed by atoms with E-state index in [2.05, 4.69) is 65.6 Å². The Balaban J connectivity index is 1.75. The zero-order valence-electron chi connectivity index (χ0n) is 13.1. The fraction of sp³-hybridized carbons (Fsp3) is 0. The first-order valence-electron chi connectivity index (χ1n) is 7.94. The number of hydrogen-bond donors (Lipinski definition) is 0. The van der Waals surface area contributed by atoms with E-state index >= 15 is 0 Å². The molecule has 4 rings (SSSR count). The van der Waals surface area contributed by atoms with Crippen LogP contribution in [0.3, 0.4) is 0 Å². The molecule has 0 spiro atoms. The van der Waals surface area contributed by atoms with E-state index in [9.17, 15) is 0 Å². The second-order valence-electron chi connectivity index (χ2n) is 5.58. The van der Waals surface area contributed by atoms with Crippen LogP contribution in [-0.4, -0.2) is 9.97 Å². The Bertz CT molecular complexity index is 867. The average Bonchev–Trinajstić information content (AvgIpc) is 2.70. The van der Waals surface area contributed by atoms with Gasteiger partial charge in [-0.05, 0) is 23.3 Å². The topological polar surface area (TPSA) is 25.8 Å². The lowest BCUT2D eigenvalue weighted by Gasteiger charge is -2.07. The molecule has 0 unspecified atom stereocenters. The van der Waals surface area contributed by atoms with Gasteiger partial charge in [0.05, 0.1) is 5.69 Å². The van der Waals surface area contributed by atoms with Crippen LogP contribution < -0.4 is 0 Å². The van der Waals surface area contributed by atoms with Gasteiger partial charge >= 0.3 is 0 Å². The van der Waals surface area contributed by atoms with Gasteiger partial charge in [0, 0.05) is 17.3 Å². The van der Waals surface area contributed by atoms with Gasteiger partial charge in [0.15, 0.2) is 5.82 Å². The molecule has 2 nitrogen and oxygen atoms in total. The van der Waals surface area contributed by atoms with Gasteiger partial charge in [-0.25, -0.2) is 9.97 Å². The lowest BCUT2D eigenvalue weighted by Crippen LogP contribution is -1.91. The molecule has 0 aliphatic rings. The summed E-state index contributed by atoms with van der Waals surface area (Å²) in [6, 6.07) is 30.8. The number of nitrogens with zero attached hydrogens (tertiary/aromatic N) is 2. The summed E-state index contributed by atoms with van der Waals surface area (Å²) in [5.74, 6) is 0.745. The third-order valence-corrected chi connectivity index (χ3v) is 3.95. The van der Waals surface area contributed by atoms with Crippen LogP contribution in [-0.2, 0) is 0 Å². The van der Waals surface area contributed by atoms with Gasteiger partial charge < -0.3 is 0 Å². The molecular formula is C22H16N2. The molecule has 0 fully saturated rings. The van der Waals surface area contributed by atoms with Gasteiger partial charge in [-0.3, -0.25) is 0 Å². The summed E-state index contributed by atoms with van der Waals surface area (Å²) < 4.78 is 0. The van der Waals surface area contributed by atoms with E-state index in [-0.39, 0.29) is 0 Å². The maximum atomic E-state index is 4.74. The molecule has 0 radical (unpaired) electrons. The minimum atomic E-state index is 0.745. The molecule has 0 amide bonds. The normalized spacial score (nSPS) is 10.5. The average molecular weight is 308 g/mol. The Labute approximate surface area is 141 Å². The van der Waals surface area contributed by atoms with E-state index in [1.54, 1.807) is 0 Å². The predicted octanol–water partition coefficient (Wildman–Crippen LogP) is 5.48. The Hall–Kier alpha value is -3.26. The van der Waals surface area contributed by atoms with Crippen molar-refractivity contribution in [2.75, 3.05) is 0 Å². The Kier molecular flexibility index (Phi) is 3.86. The number of rotatable bonds is 3. The molecule has 2 heteroatoms. The first-order chi connectivity index (χ1) is 11.9. The summed E-state index contributed by atoms with van der Waals surface area (Å²) in [6.07, 6.45) is 1.82. The highest BCUT2D eigenvalue weighted by Gasteiger charge is 2.06. The molecule has 4 aromatic rings. The molecule has 0 aliphatic heterocycles. The summed E-state index contributed by atoms with van der Waals surface area (Å²) in [7, 11) is 0. The lowest BCUT2D eigenvalue weighted by molar-refractivity contribution is 1.18. The summed E-state index contributed by atoms with van der Waals surface area (Å²) in [5.41, 5.74) is 5.42. The van der Waals surface area contributed by atoms with Crippen LogP contribution in [0.2, 0.25) is 0 Å². The molecule has 114 valence electrons. The van der Waals surface area contributed by atoms with Gasteiger partial charge in [-0.15, -0.1) is 0 Å². The van der Waals surface area contributed by atoms with E-state index in [4.69, 9.17) is 4.98 Å². The summed E-state index contributed by atoms with van der Waals surface area (Å²) in [4.78, 5) is 9.20. The van der Waals surface area contributed by atoms with Crippen molar-refractivity contribution in [3.8, 4) is 33.8 Å². The molecule has 0 atom stereocenters. The minimum absolute atomic E-state index is 0.745. The molecule has 1 heterocycles. The minimum Gasteiger partial charge on any atom is -0.237 e. The van der Waals surface area contributed by atoms with Crippen LogP contribution in [0.4, 0.5) is 0 Å². The molecule has 0 saturated carbocycles. The van der Waals surface area contributed by atoms with Gasteiger partial charge in [0.1, 0.15) is 0 Å². The molecule has 0 saturated heterocycles. The third-order valence-electron chi connectivity index (χ3n) is 3.95. The zero-order valence-corrected chi connectivity index (χ0v) is 13.1. The fourth-order valence-corrected chi connectivity index (χ4v) is 2.74. The Morgan fingerprint density at radius 3 is 1.88 bits per heavy atom. The maximum absolute atomic E-state index is 4.74. The van der Waals surface area contributed by atoms with Crippen LogP contribution in [0.15, 0.2) is 97.2 Å². The standard InChI is InChI=1S/C22H16N2/c1-3-8-17(9-4-1)19-12-7-13-20(16-19)22-23-15-14-21(24-22)18-10-5-2-6-11-18/h1-16H. The Morgan fingerprint density at radius 1 is 0.500 bits per heavy atom. The number of benzene rings is 3.